The highest BCUT2D eigenvalue weighted by molar-refractivity contribution is 6.00. The van der Waals surface area contributed by atoms with Gasteiger partial charge in [0, 0.05) is 18.6 Å². The molecule has 0 aliphatic carbocycles. The highest BCUT2D eigenvalue weighted by atomic mass is 16.5. The molecule has 4 N–H and O–H groups in total. The molecule has 0 aromatic heterocycles. The Morgan fingerprint density at radius 3 is 2.86 bits per heavy atom. The fraction of sp³-hybridized carbons (Fsp3) is 0.308. The molecule has 112 valence electrons. The molecule has 2 amide bonds. The summed E-state index contributed by atoms with van der Waals surface area (Å²) in [6.45, 7) is -0.489. The molecule has 8 heteroatoms. The summed E-state index contributed by atoms with van der Waals surface area (Å²) < 4.78 is 5.18. The van der Waals surface area contributed by atoms with E-state index in [1.54, 1.807) is 0 Å². The van der Waals surface area contributed by atoms with Crippen molar-refractivity contribution in [2.24, 2.45) is 0 Å². The van der Waals surface area contributed by atoms with E-state index in [1.807, 2.05) is 0 Å². The first-order chi connectivity index (χ1) is 10.0. The fourth-order valence-corrected chi connectivity index (χ4v) is 1.84. The summed E-state index contributed by atoms with van der Waals surface area (Å²) in [4.78, 5) is 34.0. The monoisotopic (exact) mass is 294 g/mol. The number of ether oxygens (including phenoxy) is 1. The van der Waals surface area contributed by atoms with Gasteiger partial charge in [-0.1, -0.05) is 0 Å². The number of carbonyl (C=O) groups excluding carboxylic acids is 2. The second-order valence-electron chi connectivity index (χ2n) is 4.42. The van der Waals surface area contributed by atoms with Crippen LogP contribution in [0.15, 0.2) is 18.2 Å². The van der Waals surface area contributed by atoms with Crippen molar-refractivity contribution in [2.45, 2.75) is 12.5 Å². The molecule has 0 saturated carbocycles. The minimum absolute atomic E-state index is 0.0848. The van der Waals surface area contributed by atoms with Gasteiger partial charge in [-0.15, -0.1) is 0 Å². The third-order valence-corrected chi connectivity index (χ3v) is 2.90. The Morgan fingerprint density at radius 1 is 1.43 bits per heavy atom. The number of fused-ring (bicyclic) bond motifs is 1. The van der Waals surface area contributed by atoms with Crippen LogP contribution in [0.5, 0.6) is 5.75 Å². The van der Waals surface area contributed by atoms with Gasteiger partial charge in [0.05, 0.1) is 5.69 Å². The lowest BCUT2D eigenvalue weighted by atomic mass is 10.1. The number of carboxylic acid groups (broad SMARTS) is 1. The predicted octanol–water partition coefficient (Wildman–Crippen LogP) is -0.417. The molecule has 0 radical (unpaired) electrons. The Kier molecular flexibility index (Phi) is 4.39. The molecule has 21 heavy (non-hydrogen) atoms. The summed E-state index contributed by atoms with van der Waals surface area (Å²) in [5.41, 5.74) is 0.655. The van der Waals surface area contributed by atoms with E-state index >= 15 is 0 Å². The van der Waals surface area contributed by atoms with Crippen molar-refractivity contribution in [1.82, 2.24) is 5.32 Å². The Bertz CT molecular complexity index is 586. The smallest absolute Gasteiger partial charge is 0.326 e. The maximum absolute atomic E-state index is 12.0. The van der Waals surface area contributed by atoms with Gasteiger partial charge < -0.3 is 25.6 Å². The first-order valence-corrected chi connectivity index (χ1v) is 6.22. The first-order valence-electron chi connectivity index (χ1n) is 6.22. The standard InChI is InChI=1S/C13H14N2O6/c16-4-3-9(13(19)20)15-12(18)7-1-2-8-10(5-7)21-6-11(17)14-8/h1-2,5,9,16H,3-4,6H2,(H,14,17)(H,15,18)(H,19,20). The van der Waals surface area contributed by atoms with E-state index in [0.717, 1.165) is 0 Å². The molecular formula is C13H14N2O6. The van der Waals surface area contributed by atoms with Crippen LogP contribution >= 0.6 is 0 Å². The zero-order chi connectivity index (χ0) is 15.4. The van der Waals surface area contributed by atoms with Crippen molar-refractivity contribution in [3.63, 3.8) is 0 Å². The zero-order valence-electron chi connectivity index (χ0n) is 11.0. The van der Waals surface area contributed by atoms with Gasteiger partial charge in [-0.25, -0.2) is 4.79 Å². The van der Waals surface area contributed by atoms with E-state index < -0.39 is 17.9 Å². The molecule has 8 nitrogen and oxygen atoms in total. The number of aliphatic hydroxyl groups excluding tert-OH is 1. The van der Waals surface area contributed by atoms with Gasteiger partial charge in [-0.3, -0.25) is 9.59 Å². The molecule has 0 saturated heterocycles. The number of aliphatic carboxylic acids is 1. The second kappa shape index (κ2) is 6.23. The summed E-state index contributed by atoms with van der Waals surface area (Å²) in [6.07, 6.45) is -0.0848. The molecule has 1 aromatic rings. The van der Waals surface area contributed by atoms with Gasteiger partial charge in [0.2, 0.25) is 0 Å². The molecular weight excluding hydrogens is 280 g/mol. The number of aliphatic hydroxyl groups is 1. The fourth-order valence-electron chi connectivity index (χ4n) is 1.84. The van der Waals surface area contributed by atoms with Crippen molar-refractivity contribution in [3.8, 4) is 5.75 Å². The van der Waals surface area contributed by atoms with E-state index in [2.05, 4.69) is 10.6 Å². The maximum atomic E-state index is 12.0. The van der Waals surface area contributed by atoms with E-state index in [-0.39, 0.29) is 31.1 Å². The van der Waals surface area contributed by atoms with Gasteiger partial charge in [-0.2, -0.15) is 0 Å². The van der Waals surface area contributed by atoms with E-state index in [4.69, 9.17) is 14.9 Å². The van der Waals surface area contributed by atoms with Crippen LogP contribution in [0, 0.1) is 0 Å². The Hall–Kier alpha value is -2.61. The van der Waals surface area contributed by atoms with Crippen LogP contribution in [0.4, 0.5) is 5.69 Å². The van der Waals surface area contributed by atoms with Gasteiger partial charge in [-0.05, 0) is 18.2 Å². The zero-order valence-corrected chi connectivity index (χ0v) is 11.0. The Balaban J connectivity index is 2.13. The van der Waals surface area contributed by atoms with Crippen LogP contribution in [-0.2, 0) is 9.59 Å². The van der Waals surface area contributed by atoms with Crippen molar-refractivity contribution < 1.29 is 29.3 Å². The number of carboxylic acids is 1. The average molecular weight is 294 g/mol. The first kappa shape index (κ1) is 14.8. The van der Waals surface area contributed by atoms with E-state index in [1.165, 1.54) is 18.2 Å². The Labute approximate surface area is 119 Å². The third-order valence-electron chi connectivity index (χ3n) is 2.90. The third kappa shape index (κ3) is 3.48. The van der Waals surface area contributed by atoms with Crippen LogP contribution in [0.25, 0.3) is 0 Å². The minimum Gasteiger partial charge on any atom is -0.482 e. The molecule has 1 atom stereocenters. The topological polar surface area (TPSA) is 125 Å². The largest absolute Gasteiger partial charge is 0.482 e. The number of amides is 2. The highest BCUT2D eigenvalue weighted by Crippen LogP contribution is 2.28. The highest BCUT2D eigenvalue weighted by Gasteiger charge is 2.22. The van der Waals surface area contributed by atoms with E-state index in [9.17, 15) is 14.4 Å². The SMILES string of the molecule is O=C1COc2cc(C(=O)NC(CCO)C(=O)O)ccc2N1. The van der Waals surface area contributed by atoms with Crippen LogP contribution in [0.1, 0.15) is 16.8 Å². The summed E-state index contributed by atoms with van der Waals surface area (Å²) in [5.74, 6) is -1.76. The van der Waals surface area contributed by atoms with Crippen LogP contribution < -0.4 is 15.4 Å². The van der Waals surface area contributed by atoms with E-state index in [0.29, 0.717) is 11.4 Å². The number of nitrogens with one attached hydrogen (secondary N) is 2. The summed E-state index contributed by atoms with van der Waals surface area (Å²) >= 11 is 0. The molecule has 1 aliphatic rings. The lowest BCUT2D eigenvalue weighted by molar-refractivity contribution is -0.139. The number of rotatable bonds is 5. The number of carbonyl (C=O) groups is 3. The second-order valence-corrected chi connectivity index (χ2v) is 4.42. The van der Waals surface area contributed by atoms with Gasteiger partial charge >= 0.3 is 5.97 Å². The van der Waals surface area contributed by atoms with Crippen LogP contribution in [0.2, 0.25) is 0 Å². The van der Waals surface area contributed by atoms with Crippen molar-refractivity contribution in [2.75, 3.05) is 18.5 Å². The summed E-state index contributed by atoms with van der Waals surface area (Å²) in [6, 6.07) is 3.20. The normalized spacial score (nSPS) is 14.4. The minimum atomic E-state index is -1.22. The summed E-state index contributed by atoms with van der Waals surface area (Å²) in [5, 5.41) is 22.6. The molecule has 0 spiro atoms. The molecule has 1 aliphatic heterocycles. The predicted molar refractivity (Wildman–Crippen MR) is 71.2 cm³/mol. The number of hydrogen-bond donors (Lipinski definition) is 4. The lowest BCUT2D eigenvalue weighted by Gasteiger charge is -2.19. The Morgan fingerprint density at radius 2 is 2.19 bits per heavy atom. The molecule has 1 unspecified atom stereocenters. The average Bonchev–Trinajstić information content (AvgIpc) is 2.45. The molecule has 1 heterocycles. The van der Waals surface area contributed by atoms with Crippen LogP contribution in [0.3, 0.4) is 0 Å². The maximum Gasteiger partial charge on any atom is 0.326 e. The van der Waals surface area contributed by atoms with Crippen molar-refractivity contribution in [3.05, 3.63) is 23.8 Å². The lowest BCUT2D eigenvalue weighted by Crippen LogP contribution is -2.41. The van der Waals surface area contributed by atoms with Gasteiger partial charge in [0.1, 0.15) is 11.8 Å². The molecule has 2 rings (SSSR count). The number of anilines is 1. The molecule has 1 aromatic carbocycles. The number of benzene rings is 1. The molecule has 0 bridgehead atoms. The quantitative estimate of drug-likeness (QED) is 0.584. The van der Waals surface area contributed by atoms with Crippen molar-refractivity contribution >= 4 is 23.5 Å². The van der Waals surface area contributed by atoms with Gasteiger partial charge in [0.25, 0.3) is 11.8 Å². The van der Waals surface area contributed by atoms with Crippen molar-refractivity contribution in [1.29, 1.82) is 0 Å². The van der Waals surface area contributed by atoms with Gasteiger partial charge in [0.15, 0.2) is 6.61 Å². The molecule has 0 fully saturated rings. The summed E-state index contributed by atoms with van der Waals surface area (Å²) in [7, 11) is 0. The van der Waals surface area contributed by atoms with Crippen LogP contribution in [-0.4, -0.2) is 47.3 Å². The number of hydrogen-bond acceptors (Lipinski definition) is 5.